The first kappa shape index (κ1) is 10.8. The largest absolute Gasteiger partial charge is 0.320 e. The molecule has 0 saturated heterocycles. The molecule has 1 N–H and O–H groups in total. The van der Waals surface area contributed by atoms with Crippen molar-refractivity contribution in [2.45, 2.75) is 26.6 Å². The van der Waals surface area contributed by atoms with Crippen LogP contribution in [0.15, 0.2) is 18.7 Å². The molecule has 0 unspecified atom stereocenters. The number of nitrogens with one attached hydrogen (secondary N) is 1. The fourth-order valence-electron chi connectivity index (χ4n) is 1.46. The van der Waals surface area contributed by atoms with Crippen LogP contribution in [0.2, 0.25) is 0 Å². The van der Waals surface area contributed by atoms with Gasteiger partial charge in [-0.2, -0.15) is 5.10 Å². The zero-order valence-electron chi connectivity index (χ0n) is 9.59. The normalized spacial score (nSPS) is 10.9. The Morgan fingerprint density at radius 2 is 2.25 bits per heavy atom. The van der Waals surface area contributed by atoms with Gasteiger partial charge in [0.15, 0.2) is 0 Å². The van der Waals surface area contributed by atoms with E-state index in [4.69, 9.17) is 0 Å². The second-order valence-corrected chi connectivity index (χ2v) is 3.67. The van der Waals surface area contributed by atoms with Crippen LogP contribution in [0.25, 0.3) is 0 Å². The van der Waals surface area contributed by atoms with E-state index in [2.05, 4.69) is 27.5 Å². The van der Waals surface area contributed by atoms with Gasteiger partial charge in [0, 0.05) is 31.9 Å². The maximum atomic E-state index is 4.21. The second kappa shape index (κ2) is 4.89. The van der Waals surface area contributed by atoms with Gasteiger partial charge in [0.25, 0.3) is 0 Å². The average Bonchev–Trinajstić information content (AvgIpc) is 2.89. The predicted octanol–water partition coefficient (Wildman–Crippen LogP) is 0.321. The van der Waals surface area contributed by atoms with E-state index in [1.54, 1.807) is 6.33 Å². The third kappa shape index (κ3) is 2.46. The summed E-state index contributed by atoms with van der Waals surface area (Å²) in [6.45, 7) is 4.49. The van der Waals surface area contributed by atoms with Crippen molar-refractivity contribution in [2.24, 2.45) is 7.05 Å². The van der Waals surface area contributed by atoms with Crippen LogP contribution in [-0.4, -0.2) is 24.5 Å². The number of nitrogens with zero attached hydrogens (tertiary/aromatic N) is 5. The molecule has 0 spiro atoms. The van der Waals surface area contributed by atoms with Crippen LogP contribution in [0.5, 0.6) is 0 Å². The molecule has 0 aliphatic heterocycles. The number of hydrogen-bond acceptors (Lipinski definition) is 4. The number of hydrogen-bond donors (Lipinski definition) is 1. The van der Waals surface area contributed by atoms with Crippen LogP contribution in [0, 0.1) is 0 Å². The molecule has 2 aromatic heterocycles. The lowest BCUT2D eigenvalue weighted by molar-refractivity contribution is 0.633. The summed E-state index contributed by atoms with van der Waals surface area (Å²) in [5.41, 5.74) is 1.18. The van der Waals surface area contributed by atoms with Crippen molar-refractivity contribution in [2.75, 3.05) is 0 Å². The summed E-state index contributed by atoms with van der Waals surface area (Å²) < 4.78 is 3.82. The molecule has 2 heterocycles. The smallest absolute Gasteiger partial charge is 0.146 e. The van der Waals surface area contributed by atoms with E-state index < -0.39 is 0 Å². The molecule has 0 aliphatic carbocycles. The predicted molar refractivity (Wildman–Crippen MR) is 59.4 cm³/mol. The molecular formula is C10H16N6. The van der Waals surface area contributed by atoms with E-state index in [1.807, 2.05) is 28.7 Å². The first-order chi connectivity index (χ1) is 7.79. The van der Waals surface area contributed by atoms with E-state index in [1.165, 1.54) is 5.56 Å². The number of aromatic nitrogens is 5. The van der Waals surface area contributed by atoms with Gasteiger partial charge in [-0.1, -0.05) is 0 Å². The minimum absolute atomic E-state index is 0.716. The van der Waals surface area contributed by atoms with Crippen molar-refractivity contribution in [3.63, 3.8) is 0 Å². The Labute approximate surface area is 94.3 Å². The SMILES string of the molecule is CCn1cc(CNCc2nncn2C)cn1. The highest BCUT2D eigenvalue weighted by Gasteiger charge is 2.01. The van der Waals surface area contributed by atoms with Crippen molar-refractivity contribution in [3.8, 4) is 0 Å². The molecule has 6 heteroatoms. The molecule has 16 heavy (non-hydrogen) atoms. The monoisotopic (exact) mass is 220 g/mol. The van der Waals surface area contributed by atoms with E-state index >= 15 is 0 Å². The van der Waals surface area contributed by atoms with Crippen LogP contribution >= 0.6 is 0 Å². The fourth-order valence-corrected chi connectivity index (χ4v) is 1.46. The maximum absolute atomic E-state index is 4.21. The Bertz CT molecular complexity index is 444. The van der Waals surface area contributed by atoms with Crippen LogP contribution < -0.4 is 5.32 Å². The molecule has 2 aromatic rings. The van der Waals surface area contributed by atoms with E-state index in [-0.39, 0.29) is 0 Å². The van der Waals surface area contributed by atoms with Gasteiger partial charge in [0.1, 0.15) is 12.2 Å². The van der Waals surface area contributed by atoms with Crippen molar-refractivity contribution in [1.82, 2.24) is 29.9 Å². The van der Waals surface area contributed by atoms with Crippen LogP contribution in [0.3, 0.4) is 0 Å². The molecule has 2 rings (SSSR count). The zero-order valence-corrected chi connectivity index (χ0v) is 9.59. The number of rotatable bonds is 5. The molecule has 6 nitrogen and oxygen atoms in total. The van der Waals surface area contributed by atoms with Crippen LogP contribution in [-0.2, 0) is 26.7 Å². The summed E-state index contributed by atoms with van der Waals surface area (Å²) in [7, 11) is 1.94. The minimum atomic E-state index is 0.716. The Morgan fingerprint density at radius 3 is 2.88 bits per heavy atom. The lowest BCUT2D eigenvalue weighted by Gasteiger charge is -2.01. The van der Waals surface area contributed by atoms with E-state index in [9.17, 15) is 0 Å². The second-order valence-electron chi connectivity index (χ2n) is 3.67. The first-order valence-electron chi connectivity index (χ1n) is 5.34. The highest BCUT2D eigenvalue weighted by Crippen LogP contribution is 1.98. The standard InChI is InChI=1S/C10H16N6/c1-3-16-7-9(5-13-16)4-11-6-10-14-12-8-15(10)2/h5,7-8,11H,3-4,6H2,1-2H3. The lowest BCUT2D eigenvalue weighted by Crippen LogP contribution is -2.15. The highest BCUT2D eigenvalue weighted by molar-refractivity contribution is 5.03. The molecule has 0 bridgehead atoms. The fraction of sp³-hybridized carbons (Fsp3) is 0.500. The van der Waals surface area contributed by atoms with Crippen molar-refractivity contribution < 1.29 is 0 Å². The van der Waals surface area contributed by atoms with Gasteiger partial charge in [-0.15, -0.1) is 10.2 Å². The molecule has 0 atom stereocenters. The van der Waals surface area contributed by atoms with E-state index in [0.29, 0.717) is 6.54 Å². The summed E-state index contributed by atoms with van der Waals surface area (Å²) in [6.07, 6.45) is 5.63. The van der Waals surface area contributed by atoms with Crippen LogP contribution in [0.4, 0.5) is 0 Å². The molecule has 0 amide bonds. The lowest BCUT2D eigenvalue weighted by atomic mass is 10.3. The summed E-state index contributed by atoms with van der Waals surface area (Å²) in [6, 6.07) is 0. The Morgan fingerprint density at radius 1 is 1.38 bits per heavy atom. The molecule has 0 fully saturated rings. The van der Waals surface area contributed by atoms with Gasteiger partial charge < -0.3 is 9.88 Å². The zero-order chi connectivity index (χ0) is 11.4. The van der Waals surface area contributed by atoms with Crippen LogP contribution in [0.1, 0.15) is 18.3 Å². The first-order valence-corrected chi connectivity index (χ1v) is 5.34. The Balaban J connectivity index is 1.82. The van der Waals surface area contributed by atoms with E-state index in [0.717, 1.165) is 18.9 Å². The Kier molecular flexibility index (Phi) is 3.31. The molecule has 0 radical (unpaired) electrons. The third-order valence-corrected chi connectivity index (χ3v) is 2.43. The quantitative estimate of drug-likeness (QED) is 0.788. The summed E-state index contributed by atoms with van der Waals surface area (Å²) in [5, 5.41) is 15.3. The van der Waals surface area contributed by atoms with Gasteiger partial charge in [0.05, 0.1) is 12.7 Å². The van der Waals surface area contributed by atoms with Crippen molar-refractivity contribution in [3.05, 3.63) is 30.1 Å². The molecule has 0 saturated carbocycles. The molecule has 0 aliphatic rings. The summed E-state index contributed by atoms with van der Waals surface area (Å²) in [4.78, 5) is 0. The van der Waals surface area contributed by atoms with Crippen molar-refractivity contribution in [1.29, 1.82) is 0 Å². The van der Waals surface area contributed by atoms with Gasteiger partial charge >= 0.3 is 0 Å². The maximum Gasteiger partial charge on any atom is 0.146 e. The topological polar surface area (TPSA) is 60.6 Å². The molecule has 86 valence electrons. The van der Waals surface area contributed by atoms with Gasteiger partial charge in [0.2, 0.25) is 0 Å². The summed E-state index contributed by atoms with van der Waals surface area (Å²) >= 11 is 0. The third-order valence-electron chi connectivity index (χ3n) is 2.43. The highest BCUT2D eigenvalue weighted by atomic mass is 15.3. The molecular weight excluding hydrogens is 204 g/mol. The molecule has 0 aromatic carbocycles. The summed E-state index contributed by atoms with van der Waals surface area (Å²) in [5.74, 6) is 0.933. The van der Waals surface area contributed by atoms with Gasteiger partial charge in [-0.05, 0) is 6.92 Å². The Hall–Kier alpha value is -1.69. The van der Waals surface area contributed by atoms with Gasteiger partial charge in [-0.3, -0.25) is 4.68 Å². The number of aryl methyl sites for hydroxylation is 2. The average molecular weight is 220 g/mol. The van der Waals surface area contributed by atoms with Gasteiger partial charge in [-0.25, -0.2) is 0 Å². The minimum Gasteiger partial charge on any atom is -0.320 e. The van der Waals surface area contributed by atoms with Crippen molar-refractivity contribution >= 4 is 0 Å².